The van der Waals surface area contributed by atoms with Crippen LogP contribution in [0.4, 0.5) is 0 Å². The molecule has 0 aliphatic carbocycles. The van der Waals surface area contributed by atoms with Gasteiger partial charge in [-0.05, 0) is 30.9 Å². The fourth-order valence-electron chi connectivity index (χ4n) is 3.05. The summed E-state index contributed by atoms with van der Waals surface area (Å²) in [6.45, 7) is 7.99. The lowest BCUT2D eigenvalue weighted by molar-refractivity contribution is -0.122. The number of nitrogens with one attached hydrogen (secondary N) is 1. The molecule has 3 aromatic rings. The van der Waals surface area contributed by atoms with Gasteiger partial charge in [-0.3, -0.25) is 14.2 Å². The number of aromatic nitrogens is 2. The molecule has 1 atom stereocenters. The SMILES string of the molecule is Cc1sc2ncn(CC(=O)N[C@H](c3ccccc3)C(C)C)c(=O)c2c1C. The highest BCUT2D eigenvalue weighted by Crippen LogP contribution is 2.25. The van der Waals surface area contributed by atoms with Crippen LogP contribution in [0.15, 0.2) is 41.5 Å². The molecule has 6 heteroatoms. The summed E-state index contributed by atoms with van der Waals surface area (Å²) < 4.78 is 1.39. The van der Waals surface area contributed by atoms with Crippen LogP contribution in [0.25, 0.3) is 10.2 Å². The molecule has 0 fully saturated rings. The molecule has 2 aromatic heterocycles. The summed E-state index contributed by atoms with van der Waals surface area (Å²) in [5.74, 6) is 0.0425. The van der Waals surface area contributed by atoms with Gasteiger partial charge < -0.3 is 5.32 Å². The second kappa shape index (κ2) is 7.41. The van der Waals surface area contributed by atoms with E-state index in [4.69, 9.17) is 0 Å². The van der Waals surface area contributed by atoms with Crippen LogP contribution in [-0.4, -0.2) is 15.5 Å². The molecule has 0 bridgehead atoms. The van der Waals surface area contributed by atoms with Gasteiger partial charge in [0.25, 0.3) is 5.56 Å². The van der Waals surface area contributed by atoms with Crippen molar-refractivity contribution in [2.75, 3.05) is 0 Å². The molecule has 0 saturated heterocycles. The molecule has 5 nitrogen and oxygen atoms in total. The van der Waals surface area contributed by atoms with Gasteiger partial charge in [0.2, 0.25) is 5.91 Å². The van der Waals surface area contributed by atoms with Crippen LogP contribution < -0.4 is 10.9 Å². The van der Waals surface area contributed by atoms with Crippen molar-refractivity contribution in [3.8, 4) is 0 Å². The highest BCUT2D eigenvalue weighted by atomic mass is 32.1. The zero-order valence-electron chi connectivity index (χ0n) is 15.4. The molecular formula is C20H23N3O2S. The van der Waals surface area contributed by atoms with Gasteiger partial charge in [-0.15, -0.1) is 11.3 Å². The van der Waals surface area contributed by atoms with Gasteiger partial charge >= 0.3 is 0 Å². The average Bonchev–Trinajstić information content (AvgIpc) is 2.91. The fourth-order valence-corrected chi connectivity index (χ4v) is 4.04. The van der Waals surface area contributed by atoms with Gasteiger partial charge in [-0.2, -0.15) is 0 Å². The van der Waals surface area contributed by atoms with E-state index >= 15 is 0 Å². The topological polar surface area (TPSA) is 64.0 Å². The Hall–Kier alpha value is -2.47. The van der Waals surface area contributed by atoms with Crippen molar-refractivity contribution in [2.45, 2.75) is 40.3 Å². The number of fused-ring (bicyclic) bond motifs is 1. The van der Waals surface area contributed by atoms with Crippen LogP contribution >= 0.6 is 11.3 Å². The lowest BCUT2D eigenvalue weighted by Crippen LogP contribution is -2.36. The van der Waals surface area contributed by atoms with Gasteiger partial charge in [-0.25, -0.2) is 4.98 Å². The predicted octanol–water partition coefficient (Wildman–Crippen LogP) is 3.59. The standard InChI is InChI=1S/C20H23N3O2S/c1-12(2)18(15-8-6-5-7-9-15)22-16(24)10-23-11-21-19-17(20(23)25)13(3)14(4)26-19/h5-9,11-12,18H,10H2,1-4H3,(H,22,24)/t18-/m0/s1. The third-order valence-corrected chi connectivity index (χ3v) is 5.73. The summed E-state index contributed by atoms with van der Waals surface area (Å²) >= 11 is 1.51. The number of hydrogen-bond acceptors (Lipinski definition) is 4. The molecule has 1 aromatic carbocycles. The third kappa shape index (κ3) is 3.55. The first-order valence-electron chi connectivity index (χ1n) is 8.68. The first-order valence-corrected chi connectivity index (χ1v) is 9.49. The normalized spacial score (nSPS) is 12.5. The number of amides is 1. The van der Waals surface area contributed by atoms with Crippen molar-refractivity contribution in [3.63, 3.8) is 0 Å². The molecule has 1 N–H and O–H groups in total. The molecular weight excluding hydrogens is 346 g/mol. The van der Waals surface area contributed by atoms with Gasteiger partial charge in [0.05, 0.1) is 17.8 Å². The maximum Gasteiger partial charge on any atom is 0.262 e. The van der Waals surface area contributed by atoms with Crippen LogP contribution in [0.5, 0.6) is 0 Å². The van der Waals surface area contributed by atoms with E-state index in [-0.39, 0.29) is 30.0 Å². The Morgan fingerprint density at radius 1 is 1.23 bits per heavy atom. The highest BCUT2D eigenvalue weighted by molar-refractivity contribution is 7.18. The van der Waals surface area contributed by atoms with E-state index in [0.29, 0.717) is 5.39 Å². The molecule has 0 spiro atoms. The molecule has 0 aliphatic heterocycles. The summed E-state index contributed by atoms with van der Waals surface area (Å²) in [5.41, 5.74) is 1.84. The number of hydrogen-bond donors (Lipinski definition) is 1. The number of rotatable bonds is 5. The second-order valence-electron chi connectivity index (χ2n) is 6.84. The van der Waals surface area contributed by atoms with E-state index in [0.717, 1.165) is 20.8 Å². The largest absolute Gasteiger partial charge is 0.347 e. The summed E-state index contributed by atoms with van der Waals surface area (Å²) in [5, 5.41) is 3.67. The Morgan fingerprint density at radius 2 is 1.92 bits per heavy atom. The van der Waals surface area contributed by atoms with E-state index in [1.54, 1.807) is 0 Å². The lowest BCUT2D eigenvalue weighted by atomic mass is 9.96. The van der Waals surface area contributed by atoms with E-state index in [1.165, 1.54) is 22.2 Å². The van der Waals surface area contributed by atoms with Crippen molar-refractivity contribution in [1.29, 1.82) is 0 Å². The van der Waals surface area contributed by atoms with Crippen molar-refractivity contribution < 1.29 is 4.79 Å². The van der Waals surface area contributed by atoms with Gasteiger partial charge in [-0.1, -0.05) is 44.2 Å². The zero-order valence-corrected chi connectivity index (χ0v) is 16.3. The highest BCUT2D eigenvalue weighted by Gasteiger charge is 2.19. The predicted molar refractivity (Wildman–Crippen MR) is 106 cm³/mol. The Kier molecular flexibility index (Phi) is 5.23. The summed E-state index contributed by atoms with van der Waals surface area (Å²) in [7, 11) is 0. The van der Waals surface area contributed by atoms with E-state index in [9.17, 15) is 9.59 Å². The van der Waals surface area contributed by atoms with Gasteiger partial charge in [0.1, 0.15) is 11.4 Å². The monoisotopic (exact) mass is 369 g/mol. The molecule has 2 heterocycles. The maximum atomic E-state index is 12.7. The van der Waals surface area contributed by atoms with Crippen LogP contribution in [0.3, 0.4) is 0 Å². The maximum absolute atomic E-state index is 12.7. The van der Waals surface area contributed by atoms with Crippen LogP contribution in [-0.2, 0) is 11.3 Å². The smallest absolute Gasteiger partial charge is 0.262 e. The Labute approximate surface area is 156 Å². The summed E-state index contributed by atoms with van der Waals surface area (Å²) in [6, 6.07) is 9.78. The number of carbonyl (C=O) groups is 1. The number of nitrogens with zero attached hydrogens (tertiary/aromatic N) is 2. The van der Waals surface area contributed by atoms with Crippen molar-refractivity contribution in [1.82, 2.24) is 14.9 Å². The molecule has 1 amide bonds. The fraction of sp³-hybridized carbons (Fsp3) is 0.350. The van der Waals surface area contributed by atoms with Crippen LogP contribution in [0.2, 0.25) is 0 Å². The van der Waals surface area contributed by atoms with Gasteiger partial charge in [0, 0.05) is 4.88 Å². The molecule has 136 valence electrons. The molecule has 0 unspecified atom stereocenters. The summed E-state index contributed by atoms with van der Waals surface area (Å²) in [6.07, 6.45) is 1.46. The van der Waals surface area contributed by atoms with E-state index in [1.807, 2.05) is 44.2 Å². The quantitative estimate of drug-likeness (QED) is 0.747. The zero-order chi connectivity index (χ0) is 18.8. The van der Waals surface area contributed by atoms with Gasteiger partial charge in [0.15, 0.2) is 0 Å². The Balaban J connectivity index is 1.83. The van der Waals surface area contributed by atoms with Crippen LogP contribution in [0.1, 0.15) is 35.9 Å². The Bertz CT molecular complexity index is 989. The minimum absolute atomic E-state index is 0.0356. The van der Waals surface area contributed by atoms with Crippen molar-refractivity contribution in [2.24, 2.45) is 5.92 Å². The summed E-state index contributed by atoms with van der Waals surface area (Å²) in [4.78, 5) is 31.5. The second-order valence-corrected chi connectivity index (χ2v) is 8.04. The average molecular weight is 369 g/mol. The van der Waals surface area contributed by atoms with Crippen LogP contribution in [0, 0.1) is 19.8 Å². The minimum Gasteiger partial charge on any atom is -0.347 e. The Morgan fingerprint density at radius 3 is 2.58 bits per heavy atom. The number of thiophene rings is 1. The minimum atomic E-state index is -0.194. The third-order valence-electron chi connectivity index (χ3n) is 4.61. The van der Waals surface area contributed by atoms with Crippen molar-refractivity contribution >= 4 is 27.5 Å². The number of benzene rings is 1. The molecule has 26 heavy (non-hydrogen) atoms. The molecule has 0 saturated carbocycles. The molecule has 0 aliphatic rings. The van der Waals surface area contributed by atoms with E-state index < -0.39 is 0 Å². The first-order chi connectivity index (χ1) is 12.4. The lowest BCUT2D eigenvalue weighted by Gasteiger charge is -2.23. The van der Waals surface area contributed by atoms with Crippen molar-refractivity contribution in [3.05, 3.63) is 63.0 Å². The van der Waals surface area contributed by atoms with E-state index in [2.05, 4.69) is 24.1 Å². The number of carbonyl (C=O) groups excluding carboxylic acids is 1. The molecule has 3 rings (SSSR count). The first kappa shape index (κ1) is 18.3. The number of aryl methyl sites for hydroxylation is 2. The molecule has 0 radical (unpaired) electrons.